The maximum atomic E-state index is 13.0. The number of hydrogen-bond acceptors (Lipinski definition) is 2. The highest BCUT2D eigenvalue weighted by atomic mass is 79.9. The van der Waals surface area contributed by atoms with E-state index in [1.165, 1.54) is 12.1 Å². The molecular weight excluding hydrogens is 319 g/mol. The zero-order valence-corrected chi connectivity index (χ0v) is 12.0. The molecule has 1 N–H and O–H groups in total. The first-order valence-corrected chi connectivity index (χ1v) is 6.56. The molecule has 1 aromatic heterocycles. The molecule has 5 heteroatoms. The van der Waals surface area contributed by atoms with Crippen LogP contribution in [0.2, 0.25) is 5.15 Å². The molecule has 0 spiro atoms. The third-order valence-corrected chi connectivity index (χ3v) is 3.43. The lowest BCUT2D eigenvalue weighted by atomic mass is 10.1. The molecule has 0 fully saturated rings. The second kappa shape index (κ2) is 5.67. The van der Waals surface area contributed by atoms with Crippen molar-refractivity contribution >= 4 is 33.2 Å². The van der Waals surface area contributed by atoms with Crippen molar-refractivity contribution < 1.29 is 4.39 Å². The second-order valence-electron chi connectivity index (χ2n) is 3.90. The highest BCUT2D eigenvalue weighted by Gasteiger charge is 2.10. The lowest BCUT2D eigenvalue weighted by molar-refractivity contribution is 0.625. The van der Waals surface area contributed by atoms with Crippen LogP contribution in [0.3, 0.4) is 0 Å². The molecule has 94 valence electrons. The van der Waals surface area contributed by atoms with Crippen molar-refractivity contribution in [3.63, 3.8) is 0 Å². The van der Waals surface area contributed by atoms with Crippen molar-refractivity contribution in [2.75, 3.05) is 5.32 Å². The zero-order chi connectivity index (χ0) is 13.1. The summed E-state index contributed by atoms with van der Waals surface area (Å²) >= 11 is 9.17. The monoisotopic (exact) mass is 328 g/mol. The van der Waals surface area contributed by atoms with Gasteiger partial charge in [-0.1, -0.05) is 33.6 Å². The largest absolute Gasteiger partial charge is 0.378 e. The Kier molecular flexibility index (Phi) is 4.19. The first-order chi connectivity index (χ1) is 8.56. The Balaban J connectivity index is 2.19. The summed E-state index contributed by atoms with van der Waals surface area (Å²) in [4.78, 5) is 3.92. The number of aromatic nitrogens is 1. The van der Waals surface area contributed by atoms with Gasteiger partial charge in [0, 0.05) is 22.4 Å². The number of nitrogens with one attached hydrogen (secondary N) is 1. The molecular formula is C13H11BrClFN2. The standard InChI is InChI=1S/C13H11BrClFN2/c1-8(11-3-2-9(16)6-12(11)14)18-10-4-5-17-13(15)7-10/h2-8H,1H3,(H,17,18). The van der Waals surface area contributed by atoms with Gasteiger partial charge in [0.15, 0.2) is 0 Å². The summed E-state index contributed by atoms with van der Waals surface area (Å²) in [5.41, 5.74) is 1.85. The Hall–Kier alpha value is -1.13. The van der Waals surface area contributed by atoms with Crippen molar-refractivity contribution in [2.24, 2.45) is 0 Å². The highest BCUT2D eigenvalue weighted by molar-refractivity contribution is 9.10. The van der Waals surface area contributed by atoms with Crippen LogP contribution in [0.5, 0.6) is 0 Å². The summed E-state index contributed by atoms with van der Waals surface area (Å²) in [6, 6.07) is 8.25. The lowest BCUT2D eigenvalue weighted by Crippen LogP contribution is -2.07. The summed E-state index contributed by atoms with van der Waals surface area (Å²) in [7, 11) is 0. The van der Waals surface area contributed by atoms with Crippen molar-refractivity contribution in [3.05, 3.63) is 57.5 Å². The van der Waals surface area contributed by atoms with Crippen LogP contribution >= 0.6 is 27.5 Å². The summed E-state index contributed by atoms with van der Waals surface area (Å²) in [5.74, 6) is -0.259. The van der Waals surface area contributed by atoms with Gasteiger partial charge in [-0.15, -0.1) is 0 Å². The van der Waals surface area contributed by atoms with E-state index in [9.17, 15) is 4.39 Å². The maximum Gasteiger partial charge on any atom is 0.131 e. The SMILES string of the molecule is CC(Nc1ccnc(Cl)c1)c1ccc(F)cc1Br. The van der Waals surface area contributed by atoms with Crippen LogP contribution < -0.4 is 5.32 Å². The van der Waals surface area contributed by atoms with Crippen molar-refractivity contribution in [1.82, 2.24) is 4.98 Å². The fraction of sp³-hybridized carbons (Fsp3) is 0.154. The lowest BCUT2D eigenvalue weighted by Gasteiger charge is -2.17. The molecule has 2 aromatic rings. The van der Waals surface area contributed by atoms with Crippen LogP contribution in [0, 0.1) is 5.82 Å². The number of anilines is 1. The van der Waals surface area contributed by atoms with E-state index in [0.29, 0.717) is 5.15 Å². The summed E-state index contributed by atoms with van der Waals surface area (Å²) in [6.45, 7) is 1.99. The summed E-state index contributed by atoms with van der Waals surface area (Å²) < 4.78 is 13.8. The van der Waals surface area contributed by atoms with Gasteiger partial charge in [0.25, 0.3) is 0 Å². The quantitative estimate of drug-likeness (QED) is 0.817. The summed E-state index contributed by atoms with van der Waals surface area (Å²) in [6.07, 6.45) is 1.64. The molecule has 2 nitrogen and oxygen atoms in total. The van der Waals surface area contributed by atoms with E-state index in [1.807, 2.05) is 13.0 Å². The van der Waals surface area contributed by atoms with Crippen molar-refractivity contribution in [3.8, 4) is 0 Å². The molecule has 0 saturated carbocycles. The van der Waals surface area contributed by atoms with E-state index < -0.39 is 0 Å². The molecule has 2 rings (SSSR count). The zero-order valence-electron chi connectivity index (χ0n) is 9.62. The minimum atomic E-state index is -0.259. The van der Waals surface area contributed by atoms with Gasteiger partial charge in [0.1, 0.15) is 11.0 Å². The molecule has 0 aliphatic rings. The number of rotatable bonds is 3. The van der Waals surface area contributed by atoms with E-state index in [2.05, 4.69) is 26.2 Å². The third kappa shape index (κ3) is 3.21. The molecule has 0 saturated heterocycles. The Morgan fingerprint density at radius 1 is 1.33 bits per heavy atom. The molecule has 0 radical (unpaired) electrons. The van der Waals surface area contributed by atoms with Gasteiger partial charge in [-0.25, -0.2) is 9.37 Å². The first-order valence-electron chi connectivity index (χ1n) is 5.39. The van der Waals surface area contributed by atoms with Crippen molar-refractivity contribution in [2.45, 2.75) is 13.0 Å². The number of benzene rings is 1. The third-order valence-electron chi connectivity index (χ3n) is 2.54. The van der Waals surface area contributed by atoms with E-state index in [-0.39, 0.29) is 11.9 Å². The van der Waals surface area contributed by atoms with E-state index in [0.717, 1.165) is 15.7 Å². The van der Waals surface area contributed by atoms with Crippen LogP contribution in [0.15, 0.2) is 41.0 Å². The topological polar surface area (TPSA) is 24.9 Å². The van der Waals surface area contributed by atoms with Crippen LogP contribution in [0.25, 0.3) is 0 Å². The maximum absolute atomic E-state index is 13.0. The smallest absolute Gasteiger partial charge is 0.131 e. The van der Waals surface area contributed by atoms with Crippen LogP contribution in [0.4, 0.5) is 10.1 Å². The Morgan fingerprint density at radius 3 is 2.78 bits per heavy atom. The minimum Gasteiger partial charge on any atom is -0.378 e. The minimum absolute atomic E-state index is 0.0263. The number of pyridine rings is 1. The van der Waals surface area contributed by atoms with Gasteiger partial charge >= 0.3 is 0 Å². The highest BCUT2D eigenvalue weighted by Crippen LogP contribution is 2.27. The Morgan fingerprint density at radius 2 is 2.11 bits per heavy atom. The van der Waals surface area contributed by atoms with Gasteiger partial charge < -0.3 is 5.32 Å². The Bertz CT molecular complexity index is 562. The van der Waals surface area contributed by atoms with Crippen LogP contribution in [-0.2, 0) is 0 Å². The van der Waals surface area contributed by atoms with Gasteiger partial charge in [0.05, 0.1) is 0 Å². The van der Waals surface area contributed by atoms with E-state index in [4.69, 9.17) is 11.6 Å². The van der Waals surface area contributed by atoms with E-state index in [1.54, 1.807) is 18.3 Å². The number of hydrogen-bond donors (Lipinski definition) is 1. The molecule has 0 aliphatic carbocycles. The van der Waals surface area contributed by atoms with Gasteiger partial charge in [-0.05, 0) is 36.8 Å². The molecule has 0 bridgehead atoms. The number of nitrogens with zero attached hydrogens (tertiary/aromatic N) is 1. The van der Waals surface area contributed by atoms with Crippen LogP contribution in [-0.4, -0.2) is 4.98 Å². The molecule has 1 unspecified atom stereocenters. The molecule has 18 heavy (non-hydrogen) atoms. The predicted octanol–water partition coefficient (Wildman–Crippen LogP) is 4.81. The predicted molar refractivity (Wildman–Crippen MR) is 75.4 cm³/mol. The molecule has 1 heterocycles. The average Bonchev–Trinajstić information content (AvgIpc) is 2.28. The fourth-order valence-corrected chi connectivity index (χ4v) is 2.54. The second-order valence-corrected chi connectivity index (χ2v) is 5.14. The first kappa shape index (κ1) is 13.3. The van der Waals surface area contributed by atoms with Crippen LogP contribution in [0.1, 0.15) is 18.5 Å². The van der Waals surface area contributed by atoms with E-state index >= 15 is 0 Å². The molecule has 1 aromatic carbocycles. The molecule has 0 amide bonds. The van der Waals surface area contributed by atoms with Gasteiger partial charge in [0.2, 0.25) is 0 Å². The normalized spacial score (nSPS) is 12.2. The molecule has 0 aliphatic heterocycles. The van der Waals surface area contributed by atoms with Gasteiger partial charge in [-0.2, -0.15) is 0 Å². The molecule has 1 atom stereocenters. The van der Waals surface area contributed by atoms with Gasteiger partial charge in [-0.3, -0.25) is 0 Å². The fourth-order valence-electron chi connectivity index (χ4n) is 1.67. The Labute approximate surface area is 118 Å². The summed E-state index contributed by atoms with van der Waals surface area (Å²) in [5, 5.41) is 3.72. The number of halogens is 3. The van der Waals surface area contributed by atoms with Crippen molar-refractivity contribution in [1.29, 1.82) is 0 Å². The average molecular weight is 330 g/mol.